The molecule has 0 unspecified atom stereocenters. The van der Waals surface area contributed by atoms with E-state index in [0.717, 1.165) is 24.2 Å². The number of amides is 1. The second kappa shape index (κ2) is 6.32. The summed E-state index contributed by atoms with van der Waals surface area (Å²) in [6, 6.07) is 2.92. The van der Waals surface area contributed by atoms with Crippen LogP contribution in [0.25, 0.3) is 0 Å². The number of imidazole rings is 1. The van der Waals surface area contributed by atoms with E-state index in [2.05, 4.69) is 26.2 Å². The Bertz CT molecular complexity index is 919. The van der Waals surface area contributed by atoms with Crippen molar-refractivity contribution in [3.63, 3.8) is 0 Å². The van der Waals surface area contributed by atoms with Crippen molar-refractivity contribution in [3.8, 4) is 0 Å². The quantitative estimate of drug-likeness (QED) is 0.576. The van der Waals surface area contributed by atoms with Crippen molar-refractivity contribution in [3.05, 3.63) is 50.0 Å². The Hall–Kier alpha value is -1.54. The lowest BCUT2D eigenvalue weighted by Gasteiger charge is -2.13. The Labute approximate surface area is 156 Å². The van der Waals surface area contributed by atoms with Gasteiger partial charge in [-0.15, -0.1) is 0 Å². The molecule has 25 heavy (non-hydrogen) atoms. The maximum absolute atomic E-state index is 14.4. The molecule has 2 aromatic rings. The molecule has 1 amide bonds. The van der Waals surface area contributed by atoms with Gasteiger partial charge in [0.15, 0.2) is 4.77 Å². The van der Waals surface area contributed by atoms with E-state index in [-0.39, 0.29) is 28.3 Å². The van der Waals surface area contributed by atoms with Gasteiger partial charge in [-0.1, -0.05) is 0 Å². The Morgan fingerprint density at radius 2 is 2.16 bits per heavy atom. The van der Waals surface area contributed by atoms with E-state index in [1.54, 1.807) is 0 Å². The van der Waals surface area contributed by atoms with Crippen LogP contribution in [0.1, 0.15) is 35.7 Å². The number of H-pyrrole nitrogens is 1. The first-order valence-corrected chi connectivity index (χ1v) is 9.37. The molecule has 1 atom stereocenters. The Kier molecular flexibility index (Phi) is 4.27. The molecule has 8 heteroatoms. The van der Waals surface area contributed by atoms with Gasteiger partial charge in [0.25, 0.3) is 0 Å². The van der Waals surface area contributed by atoms with Crippen LogP contribution in [0, 0.1) is 16.4 Å². The number of nitrogens with zero attached hydrogens (tertiary/aromatic N) is 1. The normalized spacial score (nSPS) is 19.1. The predicted octanol–water partition coefficient (Wildman–Crippen LogP) is 3.75. The number of aromatic nitrogens is 2. The maximum atomic E-state index is 14.4. The smallest absolute Gasteiger partial charge is 0.226 e. The van der Waals surface area contributed by atoms with Crippen LogP contribution in [-0.4, -0.2) is 21.5 Å². The molecule has 2 heterocycles. The van der Waals surface area contributed by atoms with Gasteiger partial charge in [-0.2, -0.15) is 0 Å². The molecule has 1 aliphatic carbocycles. The molecule has 0 bridgehead atoms. The molecule has 1 fully saturated rings. The number of nitrogens with one attached hydrogen (secondary N) is 2. The van der Waals surface area contributed by atoms with E-state index in [4.69, 9.17) is 12.2 Å². The van der Waals surface area contributed by atoms with Crippen molar-refractivity contribution in [2.45, 2.75) is 44.2 Å². The minimum atomic E-state index is -0.571. The summed E-state index contributed by atoms with van der Waals surface area (Å²) in [7, 11) is 0. The standard InChI is InChI=1S/C17H16BrF2N3OS/c18-10-3-4-11(19)15(16(10)20)8-5-13-12(22-17(25)23(13)7-8)6-14(24)21-9-1-2-9/h3-4,8-9H,1-2,5-7H2,(H,21,24)(H,22,25)/t8-/m1/s1. The molecule has 0 radical (unpaired) electrons. The molecule has 1 aromatic carbocycles. The summed E-state index contributed by atoms with van der Waals surface area (Å²) in [6.45, 7) is 0.402. The van der Waals surface area contributed by atoms with E-state index in [9.17, 15) is 13.6 Å². The van der Waals surface area contributed by atoms with Crippen molar-refractivity contribution in [1.29, 1.82) is 0 Å². The van der Waals surface area contributed by atoms with Gasteiger partial charge in [0.1, 0.15) is 11.6 Å². The first-order chi connectivity index (χ1) is 11.9. The van der Waals surface area contributed by atoms with Gasteiger partial charge in [-0.05, 0) is 59.5 Å². The van der Waals surface area contributed by atoms with E-state index >= 15 is 0 Å². The Morgan fingerprint density at radius 1 is 1.40 bits per heavy atom. The molecule has 1 aliphatic heterocycles. The second-order valence-corrected chi connectivity index (χ2v) is 7.88. The van der Waals surface area contributed by atoms with Crippen LogP contribution in [0.2, 0.25) is 0 Å². The number of hydrogen-bond acceptors (Lipinski definition) is 2. The fraction of sp³-hybridized carbons (Fsp3) is 0.412. The summed E-state index contributed by atoms with van der Waals surface area (Å²) in [5.41, 5.74) is 1.67. The Morgan fingerprint density at radius 3 is 2.88 bits per heavy atom. The summed E-state index contributed by atoms with van der Waals surface area (Å²) >= 11 is 8.44. The minimum absolute atomic E-state index is 0.0505. The van der Waals surface area contributed by atoms with Gasteiger partial charge in [0, 0.05) is 35.5 Å². The highest BCUT2D eigenvalue weighted by molar-refractivity contribution is 9.10. The third kappa shape index (κ3) is 3.17. The number of halogens is 3. The van der Waals surface area contributed by atoms with Crippen molar-refractivity contribution in [1.82, 2.24) is 14.9 Å². The van der Waals surface area contributed by atoms with Gasteiger partial charge < -0.3 is 14.9 Å². The third-order valence-electron chi connectivity index (χ3n) is 4.79. The number of fused-ring (bicyclic) bond motifs is 1. The Balaban J connectivity index is 1.60. The second-order valence-electron chi connectivity index (χ2n) is 6.64. The summed E-state index contributed by atoms with van der Waals surface area (Å²) < 4.78 is 31.2. The molecule has 4 rings (SSSR count). The maximum Gasteiger partial charge on any atom is 0.226 e. The van der Waals surface area contributed by atoms with E-state index < -0.39 is 11.6 Å². The average Bonchev–Trinajstić information content (AvgIpc) is 3.17. The zero-order valence-corrected chi connectivity index (χ0v) is 15.6. The molecular weight excluding hydrogens is 412 g/mol. The zero-order valence-electron chi connectivity index (χ0n) is 13.2. The molecule has 0 spiro atoms. The lowest BCUT2D eigenvalue weighted by molar-refractivity contribution is -0.120. The van der Waals surface area contributed by atoms with Crippen LogP contribution in [0.4, 0.5) is 8.78 Å². The summed E-state index contributed by atoms with van der Waals surface area (Å²) in [5, 5.41) is 2.94. The number of rotatable bonds is 4. The van der Waals surface area contributed by atoms with Gasteiger partial charge >= 0.3 is 0 Å². The van der Waals surface area contributed by atoms with Crippen LogP contribution in [0.5, 0.6) is 0 Å². The molecule has 1 saturated carbocycles. The highest BCUT2D eigenvalue weighted by Gasteiger charge is 2.32. The summed E-state index contributed by atoms with van der Waals surface area (Å²) in [5.74, 6) is -1.52. The van der Waals surface area contributed by atoms with E-state index in [1.165, 1.54) is 12.1 Å². The largest absolute Gasteiger partial charge is 0.353 e. The van der Waals surface area contributed by atoms with Crippen LogP contribution in [0.3, 0.4) is 0 Å². The van der Waals surface area contributed by atoms with Gasteiger partial charge in [0.05, 0.1) is 10.9 Å². The van der Waals surface area contributed by atoms with Crippen molar-refractivity contribution < 1.29 is 13.6 Å². The molecule has 132 valence electrons. The molecule has 2 aliphatic rings. The highest BCUT2D eigenvalue weighted by Crippen LogP contribution is 2.36. The zero-order chi connectivity index (χ0) is 17.7. The first-order valence-electron chi connectivity index (χ1n) is 8.17. The topological polar surface area (TPSA) is 49.8 Å². The highest BCUT2D eigenvalue weighted by atomic mass is 79.9. The fourth-order valence-electron chi connectivity index (χ4n) is 3.42. The molecule has 0 saturated heterocycles. The molecule has 4 nitrogen and oxygen atoms in total. The van der Waals surface area contributed by atoms with Crippen molar-refractivity contribution in [2.24, 2.45) is 0 Å². The number of aromatic amines is 1. The van der Waals surface area contributed by atoms with Crippen LogP contribution < -0.4 is 5.32 Å². The minimum Gasteiger partial charge on any atom is -0.353 e. The lowest BCUT2D eigenvalue weighted by Crippen LogP contribution is -2.27. The molecular formula is C17H16BrF2N3OS. The van der Waals surface area contributed by atoms with Gasteiger partial charge in [0.2, 0.25) is 5.91 Å². The van der Waals surface area contributed by atoms with Crippen LogP contribution in [0.15, 0.2) is 16.6 Å². The van der Waals surface area contributed by atoms with Gasteiger partial charge in [-0.25, -0.2) is 8.78 Å². The predicted molar refractivity (Wildman–Crippen MR) is 95.0 cm³/mol. The number of carbonyl (C=O) groups is 1. The van der Waals surface area contributed by atoms with Crippen LogP contribution in [-0.2, 0) is 24.2 Å². The molecule has 2 N–H and O–H groups in total. The fourth-order valence-corrected chi connectivity index (χ4v) is 4.08. The number of carbonyl (C=O) groups excluding carboxylic acids is 1. The van der Waals surface area contributed by atoms with E-state index in [0.29, 0.717) is 23.8 Å². The van der Waals surface area contributed by atoms with Crippen molar-refractivity contribution in [2.75, 3.05) is 0 Å². The first kappa shape index (κ1) is 16.9. The SMILES string of the molecule is O=C(Cc1[nH]c(=S)n2c1C[C@@H](c1c(F)ccc(Br)c1F)C2)NC1CC1. The lowest BCUT2D eigenvalue weighted by atomic mass is 9.95. The molecule has 1 aromatic heterocycles. The number of hydrogen-bond donors (Lipinski definition) is 2. The summed E-state index contributed by atoms with van der Waals surface area (Å²) in [6.07, 6.45) is 2.71. The van der Waals surface area contributed by atoms with Crippen LogP contribution >= 0.6 is 28.1 Å². The third-order valence-corrected chi connectivity index (χ3v) is 5.72. The average molecular weight is 428 g/mol. The monoisotopic (exact) mass is 427 g/mol. The summed E-state index contributed by atoms with van der Waals surface area (Å²) in [4.78, 5) is 15.1. The van der Waals surface area contributed by atoms with Crippen molar-refractivity contribution >= 4 is 34.1 Å². The van der Waals surface area contributed by atoms with E-state index in [1.807, 2.05) is 4.57 Å². The number of benzene rings is 1. The van der Waals surface area contributed by atoms with Gasteiger partial charge in [-0.3, -0.25) is 4.79 Å².